The predicted octanol–water partition coefficient (Wildman–Crippen LogP) is 3.88. The van der Waals surface area contributed by atoms with Crippen LogP contribution in [0.4, 0.5) is 0 Å². The summed E-state index contributed by atoms with van der Waals surface area (Å²) in [6.07, 6.45) is 1.84. The first-order valence-electron chi connectivity index (χ1n) is 9.65. The lowest BCUT2D eigenvalue weighted by molar-refractivity contribution is 0.0313. The Morgan fingerprint density at radius 1 is 1.14 bits per heavy atom. The van der Waals surface area contributed by atoms with E-state index in [0.29, 0.717) is 6.54 Å². The number of methoxy groups -OCH3 is 1. The van der Waals surface area contributed by atoms with E-state index in [1.54, 1.807) is 7.11 Å². The first-order chi connectivity index (χ1) is 13.6. The highest BCUT2D eigenvalue weighted by Gasteiger charge is 2.21. The fourth-order valence-corrected chi connectivity index (χ4v) is 3.61. The van der Waals surface area contributed by atoms with Crippen molar-refractivity contribution in [3.05, 3.63) is 58.6 Å². The molecule has 0 saturated carbocycles. The summed E-state index contributed by atoms with van der Waals surface area (Å²) in [6, 6.07) is 15.7. The fourth-order valence-electron chi connectivity index (χ4n) is 3.34. The van der Waals surface area contributed by atoms with Gasteiger partial charge in [-0.1, -0.05) is 28.1 Å². The minimum atomic E-state index is -0.580. The Bertz CT molecular complexity index is 701. The average Bonchev–Trinajstić information content (AvgIpc) is 3.21. The minimum Gasteiger partial charge on any atom is -0.497 e. The highest BCUT2D eigenvalue weighted by atomic mass is 79.9. The molecule has 0 aliphatic carbocycles. The second-order valence-corrected chi connectivity index (χ2v) is 8.01. The molecule has 2 unspecified atom stereocenters. The molecular weight excluding hydrogens is 422 g/mol. The fraction of sp³-hybridized carbons (Fsp3) is 0.455. The molecule has 2 atom stereocenters. The van der Waals surface area contributed by atoms with E-state index in [9.17, 15) is 5.11 Å². The van der Waals surface area contributed by atoms with Crippen LogP contribution in [0.3, 0.4) is 0 Å². The van der Waals surface area contributed by atoms with Crippen LogP contribution in [0.25, 0.3) is 0 Å². The molecule has 1 aliphatic rings. The highest BCUT2D eigenvalue weighted by molar-refractivity contribution is 9.10. The average molecular weight is 450 g/mol. The zero-order valence-corrected chi connectivity index (χ0v) is 17.8. The number of benzene rings is 2. The van der Waals surface area contributed by atoms with Gasteiger partial charge in [0.1, 0.15) is 24.2 Å². The molecule has 0 spiro atoms. The second-order valence-electron chi connectivity index (χ2n) is 7.10. The van der Waals surface area contributed by atoms with Gasteiger partial charge in [0.05, 0.1) is 13.2 Å². The lowest BCUT2D eigenvalue weighted by Crippen LogP contribution is -2.39. The van der Waals surface area contributed by atoms with Crippen LogP contribution in [-0.4, -0.2) is 55.6 Å². The monoisotopic (exact) mass is 449 g/mol. The van der Waals surface area contributed by atoms with Crippen molar-refractivity contribution in [3.63, 3.8) is 0 Å². The van der Waals surface area contributed by atoms with E-state index in [-0.39, 0.29) is 12.7 Å². The lowest BCUT2D eigenvalue weighted by atomic mass is 10.1. The first kappa shape index (κ1) is 21.1. The van der Waals surface area contributed by atoms with Crippen LogP contribution in [0.5, 0.6) is 11.5 Å². The maximum Gasteiger partial charge on any atom is 0.119 e. The Hall–Kier alpha value is -1.60. The van der Waals surface area contributed by atoms with Crippen molar-refractivity contribution in [1.29, 1.82) is 0 Å². The Kier molecular flexibility index (Phi) is 8.15. The molecule has 28 heavy (non-hydrogen) atoms. The Morgan fingerprint density at radius 3 is 2.50 bits per heavy atom. The van der Waals surface area contributed by atoms with E-state index in [4.69, 9.17) is 14.2 Å². The number of ether oxygens (including phenoxy) is 3. The molecule has 152 valence electrons. The lowest BCUT2D eigenvalue weighted by Gasteiger charge is -2.27. The normalized spacial score (nSPS) is 17.6. The van der Waals surface area contributed by atoms with Crippen LogP contribution >= 0.6 is 15.9 Å². The summed E-state index contributed by atoms with van der Waals surface area (Å²) in [7, 11) is 1.67. The highest BCUT2D eigenvalue weighted by Crippen LogP contribution is 2.19. The van der Waals surface area contributed by atoms with Gasteiger partial charge in [-0.3, -0.25) is 4.90 Å². The van der Waals surface area contributed by atoms with Gasteiger partial charge in [0, 0.05) is 30.7 Å². The standard InChI is InChI=1S/C22H28BrNO4/c1-26-20-8-4-17(5-9-20)13-24(15-22-3-2-12-27-22)14-19(25)16-28-21-10-6-18(23)7-11-21/h4-11,19,22,25H,2-3,12-16H2,1H3. The first-order valence-corrected chi connectivity index (χ1v) is 10.4. The maximum absolute atomic E-state index is 10.5. The summed E-state index contributed by atoms with van der Waals surface area (Å²) in [5, 5.41) is 10.5. The maximum atomic E-state index is 10.5. The van der Waals surface area contributed by atoms with Gasteiger partial charge in [-0.25, -0.2) is 0 Å². The zero-order chi connectivity index (χ0) is 19.8. The number of hydrogen-bond donors (Lipinski definition) is 1. The predicted molar refractivity (Wildman–Crippen MR) is 113 cm³/mol. The molecule has 2 aromatic carbocycles. The second kappa shape index (κ2) is 10.8. The summed E-state index contributed by atoms with van der Waals surface area (Å²) >= 11 is 3.41. The number of rotatable bonds is 10. The Labute approximate surface area is 175 Å². The van der Waals surface area contributed by atoms with Crippen molar-refractivity contribution < 1.29 is 19.3 Å². The topological polar surface area (TPSA) is 51.2 Å². The van der Waals surface area contributed by atoms with Gasteiger partial charge >= 0.3 is 0 Å². The van der Waals surface area contributed by atoms with Crippen molar-refractivity contribution in [2.24, 2.45) is 0 Å². The molecule has 2 aromatic rings. The van der Waals surface area contributed by atoms with Crippen molar-refractivity contribution in [3.8, 4) is 11.5 Å². The number of hydrogen-bond acceptors (Lipinski definition) is 5. The zero-order valence-electron chi connectivity index (χ0n) is 16.2. The molecular formula is C22H28BrNO4. The molecule has 0 bridgehead atoms. The molecule has 0 amide bonds. The molecule has 1 N–H and O–H groups in total. The number of aliphatic hydroxyl groups is 1. The quantitative estimate of drug-likeness (QED) is 0.596. The number of aliphatic hydroxyl groups excluding tert-OH is 1. The number of nitrogens with zero attached hydrogens (tertiary/aromatic N) is 1. The van der Waals surface area contributed by atoms with Crippen LogP contribution in [0.1, 0.15) is 18.4 Å². The Morgan fingerprint density at radius 2 is 1.86 bits per heavy atom. The van der Waals surface area contributed by atoms with Crippen LogP contribution in [0.15, 0.2) is 53.0 Å². The van der Waals surface area contributed by atoms with Crippen molar-refractivity contribution in [2.75, 3.05) is 33.4 Å². The van der Waals surface area contributed by atoms with E-state index in [1.807, 2.05) is 36.4 Å². The SMILES string of the molecule is COc1ccc(CN(CC(O)COc2ccc(Br)cc2)CC2CCCO2)cc1. The van der Waals surface area contributed by atoms with Crippen LogP contribution in [0.2, 0.25) is 0 Å². The molecule has 1 saturated heterocycles. The molecule has 6 heteroatoms. The minimum absolute atomic E-state index is 0.234. The summed E-state index contributed by atoms with van der Waals surface area (Å²) < 4.78 is 17.8. The third kappa shape index (κ3) is 6.78. The third-order valence-electron chi connectivity index (χ3n) is 4.78. The van der Waals surface area contributed by atoms with E-state index in [0.717, 1.165) is 48.5 Å². The smallest absolute Gasteiger partial charge is 0.119 e. The van der Waals surface area contributed by atoms with Gasteiger partial charge in [0.15, 0.2) is 0 Å². The molecule has 1 fully saturated rings. The van der Waals surface area contributed by atoms with E-state index in [2.05, 4.69) is 33.0 Å². The van der Waals surface area contributed by atoms with Gasteiger partial charge in [-0.05, 0) is 54.8 Å². The van der Waals surface area contributed by atoms with Crippen LogP contribution in [0, 0.1) is 0 Å². The largest absolute Gasteiger partial charge is 0.497 e. The van der Waals surface area contributed by atoms with Crippen molar-refractivity contribution >= 4 is 15.9 Å². The van der Waals surface area contributed by atoms with Gasteiger partial charge in [-0.15, -0.1) is 0 Å². The summed E-state index contributed by atoms with van der Waals surface area (Å²) in [5.41, 5.74) is 1.18. The van der Waals surface area contributed by atoms with Crippen molar-refractivity contribution in [1.82, 2.24) is 4.90 Å². The third-order valence-corrected chi connectivity index (χ3v) is 5.30. The molecule has 1 heterocycles. The van der Waals surface area contributed by atoms with E-state index < -0.39 is 6.10 Å². The summed E-state index contributed by atoms with van der Waals surface area (Å²) in [4.78, 5) is 2.24. The molecule has 0 aromatic heterocycles. The van der Waals surface area contributed by atoms with Gasteiger partial charge in [-0.2, -0.15) is 0 Å². The van der Waals surface area contributed by atoms with Gasteiger partial charge in [0.25, 0.3) is 0 Å². The summed E-state index contributed by atoms with van der Waals surface area (Å²) in [5.74, 6) is 1.60. The number of halogens is 1. The molecule has 0 radical (unpaired) electrons. The molecule has 1 aliphatic heterocycles. The summed E-state index contributed by atoms with van der Waals surface area (Å²) in [6.45, 7) is 3.17. The van der Waals surface area contributed by atoms with E-state index in [1.165, 1.54) is 5.56 Å². The van der Waals surface area contributed by atoms with Crippen LogP contribution in [-0.2, 0) is 11.3 Å². The van der Waals surface area contributed by atoms with Gasteiger partial charge < -0.3 is 19.3 Å². The Balaban J connectivity index is 1.55. The van der Waals surface area contributed by atoms with Crippen molar-refractivity contribution in [2.45, 2.75) is 31.6 Å². The molecule has 3 rings (SSSR count). The van der Waals surface area contributed by atoms with Gasteiger partial charge in [0.2, 0.25) is 0 Å². The van der Waals surface area contributed by atoms with E-state index >= 15 is 0 Å². The van der Waals surface area contributed by atoms with Crippen LogP contribution < -0.4 is 9.47 Å². The molecule has 5 nitrogen and oxygen atoms in total.